The Bertz CT molecular complexity index is 542. The molecule has 0 fully saturated rings. The van der Waals surface area contributed by atoms with E-state index in [0.717, 1.165) is 31.5 Å². The average molecular weight is 316 g/mol. The van der Waals surface area contributed by atoms with Gasteiger partial charge in [0, 0.05) is 31.6 Å². The Kier molecular flexibility index (Phi) is 6.63. The number of rotatable bonds is 6. The van der Waals surface area contributed by atoms with Gasteiger partial charge >= 0.3 is 0 Å². The van der Waals surface area contributed by atoms with Crippen LogP contribution in [0.5, 0.6) is 0 Å². The summed E-state index contributed by atoms with van der Waals surface area (Å²) in [4.78, 5) is 26.1. The zero-order valence-electron chi connectivity index (χ0n) is 14.3. The second kappa shape index (κ2) is 8.70. The van der Waals surface area contributed by atoms with Crippen LogP contribution in [0, 0.1) is 0 Å². The number of benzene rings is 1. The molecule has 1 heterocycles. The minimum absolute atomic E-state index is 0.0459. The fourth-order valence-corrected chi connectivity index (χ4v) is 3.13. The van der Waals surface area contributed by atoms with Crippen molar-refractivity contribution in [3.63, 3.8) is 0 Å². The highest BCUT2D eigenvalue weighted by atomic mass is 16.2. The molecule has 2 rings (SSSR count). The van der Waals surface area contributed by atoms with Crippen molar-refractivity contribution in [1.29, 1.82) is 0 Å². The monoisotopic (exact) mass is 316 g/mol. The van der Waals surface area contributed by atoms with Crippen LogP contribution in [0.3, 0.4) is 0 Å². The van der Waals surface area contributed by atoms with E-state index in [-0.39, 0.29) is 11.8 Å². The van der Waals surface area contributed by atoms with Gasteiger partial charge < -0.3 is 10.2 Å². The Labute approximate surface area is 139 Å². The quantitative estimate of drug-likeness (QED) is 0.871. The molecule has 0 aliphatic carbocycles. The van der Waals surface area contributed by atoms with E-state index in [1.165, 1.54) is 5.56 Å². The predicted octanol–water partition coefficient (Wildman–Crippen LogP) is 3.61. The lowest BCUT2D eigenvalue weighted by Crippen LogP contribution is -2.32. The minimum atomic E-state index is 0.0459. The summed E-state index contributed by atoms with van der Waals surface area (Å²) in [6.07, 6.45) is 4.55. The lowest BCUT2D eigenvalue weighted by molar-refractivity contribution is -0.121. The third kappa shape index (κ3) is 4.81. The first-order chi connectivity index (χ1) is 11.1. The fourth-order valence-electron chi connectivity index (χ4n) is 3.13. The number of nitrogens with zero attached hydrogens (tertiary/aromatic N) is 1. The zero-order valence-corrected chi connectivity index (χ0v) is 14.3. The van der Waals surface area contributed by atoms with E-state index in [9.17, 15) is 9.59 Å². The maximum Gasteiger partial charge on any atom is 0.226 e. The van der Waals surface area contributed by atoms with Gasteiger partial charge in [-0.25, -0.2) is 0 Å². The van der Waals surface area contributed by atoms with Crippen molar-refractivity contribution >= 4 is 17.5 Å². The summed E-state index contributed by atoms with van der Waals surface area (Å²) in [5.74, 6) is 0.670. The Morgan fingerprint density at radius 1 is 1.26 bits per heavy atom. The van der Waals surface area contributed by atoms with E-state index in [4.69, 9.17) is 0 Å². The summed E-state index contributed by atoms with van der Waals surface area (Å²) in [5.41, 5.74) is 2.32. The van der Waals surface area contributed by atoms with Gasteiger partial charge in [-0.05, 0) is 43.2 Å². The third-order valence-corrected chi connectivity index (χ3v) is 4.45. The average Bonchev–Trinajstić information content (AvgIpc) is 2.72. The second-order valence-corrected chi connectivity index (χ2v) is 6.35. The number of para-hydroxylation sites is 1. The molecule has 0 saturated heterocycles. The van der Waals surface area contributed by atoms with Gasteiger partial charge in [0.1, 0.15) is 0 Å². The number of nitrogens with one attached hydrogen (secondary N) is 1. The molecule has 0 saturated carbocycles. The Balaban J connectivity index is 1.94. The predicted molar refractivity (Wildman–Crippen MR) is 93.6 cm³/mol. The molecule has 0 spiro atoms. The molecule has 2 amide bonds. The zero-order chi connectivity index (χ0) is 16.7. The van der Waals surface area contributed by atoms with Gasteiger partial charge in [0.05, 0.1) is 0 Å². The molecule has 0 bridgehead atoms. The van der Waals surface area contributed by atoms with Gasteiger partial charge in [0.25, 0.3) is 0 Å². The molecule has 1 aliphatic heterocycles. The molecule has 0 aromatic heterocycles. The highest BCUT2D eigenvalue weighted by molar-refractivity contribution is 5.94. The van der Waals surface area contributed by atoms with Gasteiger partial charge in [-0.2, -0.15) is 0 Å². The van der Waals surface area contributed by atoms with Crippen LogP contribution in [0.25, 0.3) is 0 Å². The minimum Gasteiger partial charge on any atom is -0.356 e. The standard InChI is InChI=1S/C19H28N2O2/c1-3-13-20-18(22)11-6-12-19(23)21-14-7-8-15(2)16-9-4-5-10-17(16)21/h4-5,9-10,15H,3,6-8,11-14H2,1-2H3,(H,20,22). The molecule has 23 heavy (non-hydrogen) atoms. The van der Waals surface area contributed by atoms with Gasteiger partial charge in [-0.15, -0.1) is 0 Å². The van der Waals surface area contributed by atoms with Gasteiger partial charge in [0.2, 0.25) is 11.8 Å². The molecule has 1 atom stereocenters. The van der Waals surface area contributed by atoms with Gasteiger partial charge in [-0.3, -0.25) is 9.59 Å². The van der Waals surface area contributed by atoms with E-state index in [0.29, 0.717) is 31.7 Å². The molecular weight excluding hydrogens is 288 g/mol. The fraction of sp³-hybridized carbons (Fsp3) is 0.579. The van der Waals surface area contributed by atoms with Crippen molar-refractivity contribution in [3.05, 3.63) is 29.8 Å². The molecule has 1 N–H and O–H groups in total. The summed E-state index contributed by atoms with van der Waals surface area (Å²) >= 11 is 0. The van der Waals surface area contributed by atoms with Crippen molar-refractivity contribution in [3.8, 4) is 0 Å². The highest BCUT2D eigenvalue weighted by Gasteiger charge is 2.23. The summed E-state index contributed by atoms with van der Waals surface area (Å²) in [7, 11) is 0. The van der Waals surface area contributed by atoms with Crippen LogP contribution in [0.2, 0.25) is 0 Å². The van der Waals surface area contributed by atoms with Crippen molar-refractivity contribution in [2.45, 2.75) is 58.3 Å². The van der Waals surface area contributed by atoms with E-state index in [1.54, 1.807) is 0 Å². The molecule has 4 nitrogen and oxygen atoms in total. The Morgan fingerprint density at radius 2 is 2.04 bits per heavy atom. The van der Waals surface area contributed by atoms with Crippen LogP contribution < -0.4 is 10.2 Å². The largest absolute Gasteiger partial charge is 0.356 e. The van der Waals surface area contributed by atoms with Gasteiger partial charge in [-0.1, -0.05) is 32.0 Å². The van der Waals surface area contributed by atoms with Crippen LogP contribution in [0.1, 0.15) is 63.9 Å². The van der Waals surface area contributed by atoms with Crippen LogP contribution in [0.15, 0.2) is 24.3 Å². The number of amides is 2. The normalized spacial score (nSPS) is 17.3. The van der Waals surface area contributed by atoms with Crippen molar-refractivity contribution in [2.24, 2.45) is 0 Å². The van der Waals surface area contributed by atoms with Crippen molar-refractivity contribution in [2.75, 3.05) is 18.0 Å². The first kappa shape index (κ1) is 17.5. The third-order valence-electron chi connectivity index (χ3n) is 4.45. The smallest absolute Gasteiger partial charge is 0.226 e. The first-order valence-corrected chi connectivity index (χ1v) is 8.79. The molecule has 1 unspecified atom stereocenters. The lowest BCUT2D eigenvalue weighted by atomic mass is 9.96. The maximum absolute atomic E-state index is 12.6. The molecule has 1 aliphatic rings. The van der Waals surface area contributed by atoms with Gasteiger partial charge in [0.15, 0.2) is 0 Å². The van der Waals surface area contributed by atoms with E-state index < -0.39 is 0 Å². The van der Waals surface area contributed by atoms with Crippen LogP contribution in [0.4, 0.5) is 5.69 Å². The van der Waals surface area contributed by atoms with Crippen LogP contribution >= 0.6 is 0 Å². The second-order valence-electron chi connectivity index (χ2n) is 6.35. The maximum atomic E-state index is 12.6. The first-order valence-electron chi connectivity index (χ1n) is 8.79. The van der Waals surface area contributed by atoms with E-state index in [2.05, 4.69) is 18.3 Å². The van der Waals surface area contributed by atoms with E-state index in [1.807, 2.05) is 30.0 Å². The summed E-state index contributed by atoms with van der Waals surface area (Å²) < 4.78 is 0. The Hall–Kier alpha value is -1.84. The molecule has 1 aromatic carbocycles. The molecule has 1 aromatic rings. The van der Waals surface area contributed by atoms with Crippen LogP contribution in [-0.4, -0.2) is 24.9 Å². The Morgan fingerprint density at radius 3 is 2.83 bits per heavy atom. The molecule has 126 valence electrons. The topological polar surface area (TPSA) is 49.4 Å². The number of carbonyl (C=O) groups excluding carboxylic acids is 2. The number of hydrogen-bond donors (Lipinski definition) is 1. The number of anilines is 1. The molecule has 4 heteroatoms. The SMILES string of the molecule is CCCNC(=O)CCCC(=O)N1CCCC(C)c2ccccc21. The number of fused-ring (bicyclic) bond motifs is 1. The molecule has 0 radical (unpaired) electrons. The summed E-state index contributed by atoms with van der Waals surface area (Å²) in [6.45, 7) is 5.75. The van der Waals surface area contributed by atoms with Crippen LogP contribution in [-0.2, 0) is 9.59 Å². The number of hydrogen-bond acceptors (Lipinski definition) is 2. The van der Waals surface area contributed by atoms with Crippen molar-refractivity contribution < 1.29 is 9.59 Å². The summed E-state index contributed by atoms with van der Waals surface area (Å²) in [6, 6.07) is 8.21. The van der Waals surface area contributed by atoms with E-state index >= 15 is 0 Å². The van der Waals surface area contributed by atoms with Crippen molar-refractivity contribution in [1.82, 2.24) is 5.32 Å². The summed E-state index contributed by atoms with van der Waals surface area (Å²) in [5, 5.41) is 2.85. The highest BCUT2D eigenvalue weighted by Crippen LogP contribution is 2.34. The number of carbonyl (C=O) groups is 2. The molecular formula is C19H28N2O2. The lowest BCUT2D eigenvalue weighted by Gasteiger charge is -2.23.